The van der Waals surface area contributed by atoms with Crippen molar-refractivity contribution in [2.45, 2.75) is 0 Å². The van der Waals surface area contributed by atoms with Crippen molar-refractivity contribution in [1.29, 1.82) is 0 Å². The normalized spacial score (nSPS) is 12.0. The largest absolute Gasteiger partial charge is 0.456 e. The van der Waals surface area contributed by atoms with Crippen molar-refractivity contribution < 1.29 is 4.42 Å². The van der Waals surface area contributed by atoms with Crippen LogP contribution in [0.15, 0.2) is 217 Å². The van der Waals surface area contributed by atoms with Gasteiger partial charge in [0.2, 0.25) is 0 Å². The molecule has 65 heavy (non-hydrogen) atoms. The number of hydrogen-bond acceptors (Lipinski definition) is 4. The van der Waals surface area contributed by atoms with Crippen molar-refractivity contribution in [3.63, 3.8) is 0 Å². The molecule has 0 atom stereocenters. The molecule has 300 valence electrons. The number of para-hydroxylation sites is 1. The van der Waals surface area contributed by atoms with E-state index in [-0.39, 0.29) is 0 Å². The van der Waals surface area contributed by atoms with E-state index >= 15 is 0 Å². The Labute approximate surface area is 373 Å². The molecule has 12 aromatic carbocycles. The summed E-state index contributed by atoms with van der Waals surface area (Å²) in [4.78, 5) is 15.8. The molecular formula is C61H35N3O. The van der Waals surface area contributed by atoms with Gasteiger partial charge in [-0.25, -0.2) is 15.0 Å². The van der Waals surface area contributed by atoms with Crippen LogP contribution >= 0.6 is 0 Å². The van der Waals surface area contributed by atoms with Crippen LogP contribution in [-0.2, 0) is 0 Å². The lowest BCUT2D eigenvalue weighted by Gasteiger charge is -2.18. The maximum absolute atomic E-state index is 6.33. The molecule has 0 fully saturated rings. The van der Waals surface area contributed by atoms with Crippen LogP contribution in [-0.4, -0.2) is 15.0 Å². The van der Waals surface area contributed by atoms with E-state index < -0.39 is 0 Å². The Morgan fingerprint density at radius 3 is 1.40 bits per heavy atom. The SMILES string of the molecule is c1ccc(-c2nc(-c3ccccc3-c3ccccc3-c3cc4ccc5cccc6c7cccc8ccc9cccc(c(c3)c4c56)c9c87)nc(-c3cccc4oc5ccccc5c34)n2)cc1. The molecule has 14 rings (SSSR count). The molecule has 0 aliphatic heterocycles. The quantitative estimate of drug-likeness (QED) is 0.162. The second-order valence-electron chi connectivity index (χ2n) is 17.0. The molecule has 0 unspecified atom stereocenters. The molecule has 0 saturated carbocycles. The highest BCUT2D eigenvalue weighted by Gasteiger charge is 2.22. The third kappa shape index (κ3) is 5.41. The Hall–Kier alpha value is -8.73. The molecule has 0 aliphatic rings. The summed E-state index contributed by atoms with van der Waals surface area (Å²) in [6, 6.07) is 76.0. The molecule has 0 spiro atoms. The number of benzene rings is 11. The van der Waals surface area contributed by atoms with Gasteiger partial charge < -0.3 is 4.42 Å². The number of fused-ring (bicyclic) bond motifs is 5. The summed E-state index contributed by atoms with van der Waals surface area (Å²) in [6.07, 6.45) is 0. The standard InChI is InChI=1S/C61H35N3O/c1-2-14-39(15-3-1)59-62-60(64-61(63-59)50-27-13-29-53-58(50)49-23-8-9-28-52(49)65-53)48-22-7-6-21-44(48)43-20-5-4-19-42(43)41-34-40-33-32-38-17-11-25-46-45-24-10-16-36-30-31-37-18-12-26-47(56(37)54(36)45)51(35-41)57(40)55(38)46/h1-35H. The molecule has 0 amide bonds. The predicted molar refractivity (Wildman–Crippen MR) is 271 cm³/mol. The topological polar surface area (TPSA) is 51.8 Å². The van der Waals surface area contributed by atoms with Gasteiger partial charge in [-0.1, -0.05) is 188 Å². The van der Waals surface area contributed by atoms with E-state index in [0.717, 1.165) is 60.9 Å². The van der Waals surface area contributed by atoms with Gasteiger partial charge in [-0.05, 0) is 111 Å². The minimum Gasteiger partial charge on any atom is -0.456 e. The predicted octanol–water partition coefficient (Wildman–Crippen LogP) is 16.5. The van der Waals surface area contributed by atoms with Crippen LogP contribution in [0.4, 0.5) is 0 Å². The Morgan fingerprint density at radius 1 is 0.246 bits per heavy atom. The first kappa shape index (κ1) is 35.8. The fraction of sp³-hybridized carbons (Fsp3) is 0. The Bertz CT molecular complexity index is 4240. The fourth-order valence-corrected chi connectivity index (χ4v) is 10.6. The van der Waals surface area contributed by atoms with Gasteiger partial charge >= 0.3 is 0 Å². The third-order valence-electron chi connectivity index (χ3n) is 13.4. The maximum atomic E-state index is 6.33. The highest BCUT2D eigenvalue weighted by atomic mass is 16.3. The van der Waals surface area contributed by atoms with E-state index in [4.69, 9.17) is 19.4 Å². The molecule has 2 heterocycles. The van der Waals surface area contributed by atoms with Crippen molar-refractivity contribution in [3.05, 3.63) is 212 Å². The lowest BCUT2D eigenvalue weighted by Crippen LogP contribution is -2.01. The highest BCUT2D eigenvalue weighted by molar-refractivity contribution is 6.37. The summed E-state index contributed by atoms with van der Waals surface area (Å²) in [5.74, 6) is 1.80. The van der Waals surface area contributed by atoms with Crippen LogP contribution in [0.5, 0.6) is 0 Å². The van der Waals surface area contributed by atoms with Crippen LogP contribution in [0.25, 0.3) is 143 Å². The molecule has 0 aliphatic carbocycles. The number of furan rings is 1. The van der Waals surface area contributed by atoms with Crippen molar-refractivity contribution in [1.82, 2.24) is 15.0 Å². The van der Waals surface area contributed by atoms with Gasteiger partial charge in [-0.3, -0.25) is 0 Å². The van der Waals surface area contributed by atoms with E-state index in [2.05, 4.69) is 164 Å². The monoisotopic (exact) mass is 825 g/mol. The average molecular weight is 826 g/mol. The number of nitrogens with zero attached hydrogens (tertiary/aromatic N) is 3. The molecule has 2 aromatic heterocycles. The van der Waals surface area contributed by atoms with E-state index in [0.29, 0.717) is 17.5 Å². The Morgan fingerprint density at radius 2 is 0.708 bits per heavy atom. The minimum absolute atomic E-state index is 0.590. The molecular weight excluding hydrogens is 791 g/mol. The van der Waals surface area contributed by atoms with Gasteiger partial charge in [0.15, 0.2) is 17.5 Å². The van der Waals surface area contributed by atoms with E-state index in [1.807, 2.05) is 48.5 Å². The van der Waals surface area contributed by atoms with Gasteiger partial charge in [-0.15, -0.1) is 0 Å². The minimum atomic E-state index is 0.590. The van der Waals surface area contributed by atoms with Crippen molar-refractivity contribution in [2.24, 2.45) is 0 Å². The van der Waals surface area contributed by atoms with Crippen molar-refractivity contribution in [3.8, 4) is 56.4 Å². The zero-order valence-corrected chi connectivity index (χ0v) is 35.0. The van der Waals surface area contributed by atoms with Gasteiger partial charge in [0.25, 0.3) is 0 Å². The second kappa shape index (κ2) is 13.9. The summed E-state index contributed by atoms with van der Waals surface area (Å²) in [5.41, 5.74) is 8.77. The van der Waals surface area contributed by atoms with Gasteiger partial charge in [0, 0.05) is 27.5 Å². The Kier molecular flexibility index (Phi) is 7.65. The molecule has 0 radical (unpaired) electrons. The van der Waals surface area contributed by atoms with Gasteiger partial charge in [0.05, 0.1) is 0 Å². The number of rotatable bonds is 5. The summed E-state index contributed by atoms with van der Waals surface area (Å²) in [6.45, 7) is 0. The molecule has 0 N–H and O–H groups in total. The van der Waals surface area contributed by atoms with Crippen LogP contribution in [0.3, 0.4) is 0 Å². The van der Waals surface area contributed by atoms with Crippen molar-refractivity contribution in [2.75, 3.05) is 0 Å². The third-order valence-corrected chi connectivity index (χ3v) is 13.4. The molecule has 4 nitrogen and oxygen atoms in total. The van der Waals surface area contributed by atoms with Crippen LogP contribution < -0.4 is 0 Å². The van der Waals surface area contributed by atoms with E-state index in [9.17, 15) is 0 Å². The average Bonchev–Trinajstić information content (AvgIpc) is 3.76. The van der Waals surface area contributed by atoms with E-state index in [1.54, 1.807) is 0 Å². The molecule has 0 bridgehead atoms. The molecule has 4 heteroatoms. The first-order valence-corrected chi connectivity index (χ1v) is 22.1. The first-order valence-electron chi connectivity index (χ1n) is 22.1. The number of aromatic nitrogens is 3. The van der Waals surface area contributed by atoms with Crippen molar-refractivity contribution >= 4 is 86.6 Å². The zero-order valence-electron chi connectivity index (χ0n) is 35.0. The van der Waals surface area contributed by atoms with Gasteiger partial charge in [-0.2, -0.15) is 0 Å². The second-order valence-corrected chi connectivity index (χ2v) is 17.0. The molecule has 0 saturated heterocycles. The van der Waals surface area contributed by atoms with Crippen LogP contribution in [0.1, 0.15) is 0 Å². The maximum Gasteiger partial charge on any atom is 0.164 e. The smallest absolute Gasteiger partial charge is 0.164 e. The molecule has 14 aromatic rings. The fourth-order valence-electron chi connectivity index (χ4n) is 10.6. The summed E-state index contributed by atoms with van der Waals surface area (Å²) in [5, 5.41) is 17.2. The summed E-state index contributed by atoms with van der Waals surface area (Å²) in [7, 11) is 0. The summed E-state index contributed by atoms with van der Waals surface area (Å²) < 4.78 is 6.33. The Balaban J connectivity index is 1.03. The van der Waals surface area contributed by atoms with Gasteiger partial charge in [0.1, 0.15) is 11.2 Å². The zero-order chi connectivity index (χ0) is 42.6. The number of hydrogen-bond donors (Lipinski definition) is 0. The van der Waals surface area contributed by atoms with Crippen LogP contribution in [0, 0.1) is 0 Å². The highest BCUT2D eigenvalue weighted by Crippen LogP contribution is 2.46. The lowest BCUT2D eigenvalue weighted by molar-refractivity contribution is 0.669. The first-order chi connectivity index (χ1) is 32.2. The van der Waals surface area contributed by atoms with E-state index in [1.165, 1.54) is 64.6 Å². The lowest BCUT2D eigenvalue weighted by atomic mass is 9.85. The van der Waals surface area contributed by atoms with Crippen LogP contribution in [0.2, 0.25) is 0 Å². The summed E-state index contributed by atoms with van der Waals surface area (Å²) >= 11 is 0.